The van der Waals surface area contributed by atoms with E-state index in [1.54, 1.807) is 12.1 Å². The van der Waals surface area contributed by atoms with Crippen molar-refractivity contribution < 1.29 is 22.4 Å². The summed E-state index contributed by atoms with van der Waals surface area (Å²) in [5.74, 6) is -0.564. The molecule has 0 saturated carbocycles. The summed E-state index contributed by atoms with van der Waals surface area (Å²) in [5.41, 5.74) is 0.556. The molecule has 2 aromatic rings. The van der Waals surface area contributed by atoms with Gasteiger partial charge in [-0.15, -0.1) is 0 Å². The van der Waals surface area contributed by atoms with Crippen molar-refractivity contribution in [3.8, 4) is 0 Å². The van der Waals surface area contributed by atoms with Crippen LogP contribution in [0, 0.1) is 5.82 Å². The second kappa shape index (κ2) is 8.62. The Kier molecular flexibility index (Phi) is 6.52. The monoisotopic (exact) mass is 354 g/mol. The molecule has 25 heavy (non-hydrogen) atoms. The quantitative estimate of drug-likeness (QED) is 0.583. The molecule has 1 amide bonds. The minimum Gasteiger partial charge on any atom is -0.326 e. The van der Waals surface area contributed by atoms with Gasteiger partial charge in [0.25, 0.3) is 0 Å². The predicted octanol–water partition coefficient (Wildman–Crippen LogP) is 4.01. The van der Waals surface area contributed by atoms with Gasteiger partial charge in [-0.3, -0.25) is 4.79 Å². The van der Waals surface area contributed by atoms with Crippen molar-refractivity contribution >= 4 is 11.6 Å². The van der Waals surface area contributed by atoms with Gasteiger partial charge in [0, 0.05) is 18.7 Å². The van der Waals surface area contributed by atoms with Gasteiger partial charge >= 0.3 is 6.18 Å². The van der Waals surface area contributed by atoms with E-state index in [4.69, 9.17) is 0 Å². The molecular weight excluding hydrogens is 336 g/mol. The van der Waals surface area contributed by atoms with E-state index in [-0.39, 0.29) is 18.1 Å². The maximum Gasteiger partial charge on any atom is 0.416 e. The number of nitrogens with one attached hydrogen (secondary N) is 2. The number of hydrogen-bond donors (Lipinski definition) is 2. The summed E-state index contributed by atoms with van der Waals surface area (Å²) in [4.78, 5) is 11.7. The summed E-state index contributed by atoms with van der Waals surface area (Å²) in [7, 11) is 0. The lowest BCUT2D eigenvalue weighted by atomic mass is 10.1. The van der Waals surface area contributed by atoms with Gasteiger partial charge in [0.05, 0.1) is 5.56 Å². The lowest BCUT2D eigenvalue weighted by molar-refractivity contribution is -0.137. The van der Waals surface area contributed by atoms with E-state index in [1.165, 1.54) is 24.3 Å². The topological polar surface area (TPSA) is 41.1 Å². The third kappa shape index (κ3) is 6.54. The highest BCUT2D eigenvalue weighted by atomic mass is 19.4. The molecule has 0 aliphatic rings. The predicted molar refractivity (Wildman–Crippen MR) is 87.7 cm³/mol. The molecule has 2 aromatic carbocycles. The van der Waals surface area contributed by atoms with Crippen molar-refractivity contribution in [3.05, 3.63) is 65.5 Å². The summed E-state index contributed by atoms with van der Waals surface area (Å²) in [6, 6.07) is 10.5. The number of halogens is 4. The fourth-order valence-electron chi connectivity index (χ4n) is 2.18. The highest BCUT2D eigenvalue weighted by Gasteiger charge is 2.29. The smallest absolute Gasteiger partial charge is 0.326 e. The number of carbonyl (C=O) groups is 1. The average molecular weight is 354 g/mol. The fourth-order valence-corrected chi connectivity index (χ4v) is 2.18. The molecule has 0 bridgehead atoms. The van der Waals surface area contributed by atoms with Crippen molar-refractivity contribution in [1.82, 2.24) is 5.32 Å². The number of carbonyl (C=O) groups excluding carboxylic acids is 1. The van der Waals surface area contributed by atoms with Crippen LogP contribution in [0.5, 0.6) is 0 Å². The molecule has 0 aromatic heterocycles. The highest BCUT2D eigenvalue weighted by molar-refractivity contribution is 5.90. The van der Waals surface area contributed by atoms with E-state index >= 15 is 0 Å². The van der Waals surface area contributed by atoms with Crippen LogP contribution in [0.2, 0.25) is 0 Å². The average Bonchev–Trinajstić information content (AvgIpc) is 2.56. The Bertz CT molecular complexity index is 682. The van der Waals surface area contributed by atoms with Gasteiger partial charge in [-0.25, -0.2) is 4.39 Å². The third-order valence-corrected chi connectivity index (χ3v) is 3.53. The van der Waals surface area contributed by atoms with Gasteiger partial charge in [-0.1, -0.05) is 12.1 Å². The van der Waals surface area contributed by atoms with E-state index < -0.39 is 11.7 Å². The Morgan fingerprint density at radius 1 is 0.920 bits per heavy atom. The van der Waals surface area contributed by atoms with Crippen LogP contribution in [-0.2, 0) is 17.4 Å². The van der Waals surface area contributed by atoms with E-state index in [2.05, 4.69) is 10.6 Å². The third-order valence-electron chi connectivity index (χ3n) is 3.53. The molecule has 0 saturated heterocycles. The molecule has 134 valence electrons. The van der Waals surface area contributed by atoms with Gasteiger partial charge in [-0.05, 0) is 54.9 Å². The minimum absolute atomic E-state index is 0.199. The van der Waals surface area contributed by atoms with Crippen LogP contribution in [0.4, 0.5) is 23.2 Å². The fraction of sp³-hybridized carbons (Fsp3) is 0.278. The largest absolute Gasteiger partial charge is 0.416 e. The van der Waals surface area contributed by atoms with Gasteiger partial charge < -0.3 is 10.6 Å². The number of rotatable bonds is 7. The van der Waals surface area contributed by atoms with E-state index in [0.717, 1.165) is 17.7 Å². The Hall–Kier alpha value is -2.41. The minimum atomic E-state index is -4.39. The van der Waals surface area contributed by atoms with E-state index in [0.29, 0.717) is 25.2 Å². The maximum atomic E-state index is 12.8. The van der Waals surface area contributed by atoms with E-state index in [9.17, 15) is 22.4 Å². The first-order valence-electron chi connectivity index (χ1n) is 7.77. The summed E-state index contributed by atoms with van der Waals surface area (Å²) >= 11 is 0. The molecule has 2 rings (SSSR count). The van der Waals surface area contributed by atoms with Crippen LogP contribution in [-0.4, -0.2) is 19.0 Å². The molecule has 0 aliphatic carbocycles. The second-order valence-corrected chi connectivity index (χ2v) is 5.50. The zero-order chi connectivity index (χ0) is 18.3. The summed E-state index contributed by atoms with van der Waals surface area (Å²) in [5, 5.41) is 5.64. The van der Waals surface area contributed by atoms with Crippen LogP contribution >= 0.6 is 0 Å². The first-order valence-corrected chi connectivity index (χ1v) is 7.77. The van der Waals surface area contributed by atoms with Crippen molar-refractivity contribution in [2.24, 2.45) is 0 Å². The zero-order valence-electron chi connectivity index (χ0n) is 13.4. The standard InChI is InChI=1S/C18H18F4N2O/c19-15-5-1-13(2-6-15)9-11-23-12-10-17(25)24-16-7-3-14(4-8-16)18(20,21)22/h1-8,23H,9-12H2,(H,24,25). The molecule has 0 spiro atoms. The Balaban J connectivity index is 1.66. The number of benzene rings is 2. The van der Waals surface area contributed by atoms with E-state index in [1.807, 2.05) is 0 Å². The molecule has 0 unspecified atom stereocenters. The zero-order valence-corrected chi connectivity index (χ0v) is 13.4. The van der Waals surface area contributed by atoms with Crippen molar-refractivity contribution in [1.29, 1.82) is 0 Å². The van der Waals surface area contributed by atoms with Crippen molar-refractivity contribution in [3.63, 3.8) is 0 Å². The first-order chi connectivity index (χ1) is 11.8. The first kappa shape index (κ1) is 18.9. The number of hydrogen-bond acceptors (Lipinski definition) is 2. The Morgan fingerprint density at radius 2 is 1.56 bits per heavy atom. The highest BCUT2D eigenvalue weighted by Crippen LogP contribution is 2.29. The van der Waals surface area contributed by atoms with Crippen LogP contribution in [0.15, 0.2) is 48.5 Å². The molecule has 0 heterocycles. The molecule has 0 radical (unpaired) electrons. The summed E-state index contributed by atoms with van der Waals surface area (Å²) < 4.78 is 50.1. The molecular formula is C18H18F4N2O. The normalized spacial score (nSPS) is 11.4. The summed E-state index contributed by atoms with van der Waals surface area (Å²) in [6.45, 7) is 1.08. The number of amides is 1. The number of anilines is 1. The van der Waals surface area contributed by atoms with Crippen LogP contribution in [0.25, 0.3) is 0 Å². The van der Waals surface area contributed by atoms with Crippen molar-refractivity contribution in [2.75, 3.05) is 18.4 Å². The van der Waals surface area contributed by atoms with Gasteiger partial charge in [-0.2, -0.15) is 13.2 Å². The number of alkyl halides is 3. The summed E-state index contributed by atoms with van der Waals surface area (Å²) in [6.07, 6.45) is -3.48. The molecule has 3 nitrogen and oxygen atoms in total. The van der Waals surface area contributed by atoms with Crippen LogP contribution in [0.3, 0.4) is 0 Å². The second-order valence-electron chi connectivity index (χ2n) is 5.50. The van der Waals surface area contributed by atoms with Gasteiger partial charge in [0.1, 0.15) is 5.82 Å². The Labute approximate surface area is 143 Å². The molecule has 0 atom stereocenters. The lowest BCUT2D eigenvalue weighted by Gasteiger charge is -2.09. The maximum absolute atomic E-state index is 12.8. The lowest BCUT2D eigenvalue weighted by Crippen LogP contribution is -2.23. The molecule has 0 fully saturated rings. The molecule has 0 aliphatic heterocycles. The van der Waals surface area contributed by atoms with Gasteiger partial charge in [0.2, 0.25) is 5.91 Å². The van der Waals surface area contributed by atoms with Crippen LogP contribution in [0.1, 0.15) is 17.5 Å². The van der Waals surface area contributed by atoms with Crippen LogP contribution < -0.4 is 10.6 Å². The van der Waals surface area contributed by atoms with Crippen molar-refractivity contribution in [2.45, 2.75) is 19.0 Å². The SMILES string of the molecule is O=C(CCNCCc1ccc(F)cc1)Nc1ccc(C(F)(F)F)cc1. The molecule has 7 heteroatoms. The Morgan fingerprint density at radius 3 is 2.16 bits per heavy atom. The van der Waals surface area contributed by atoms with Gasteiger partial charge in [0.15, 0.2) is 0 Å². The molecule has 2 N–H and O–H groups in total.